The van der Waals surface area contributed by atoms with Gasteiger partial charge in [-0.05, 0) is 55.2 Å². The molecule has 2 amide bonds. The van der Waals surface area contributed by atoms with Crippen molar-refractivity contribution >= 4 is 37.7 Å². The van der Waals surface area contributed by atoms with Gasteiger partial charge in [-0.25, -0.2) is 26.4 Å². The van der Waals surface area contributed by atoms with E-state index in [0.29, 0.717) is 5.56 Å². The fourth-order valence-corrected chi connectivity index (χ4v) is 4.45. The minimum absolute atomic E-state index is 0. The molecule has 1 heterocycles. The minimum Gasteiger partial charge on any atom is -0.366 e. The summed E-state index contributed by atoms with van der Waals surface area (Å²) in [4.78, 5) is 19.4. The van der Waals surface area contributed by atoms with E-state index >= 15 is 0 Å². The third kappa shape index (κ3) is 6.35. The first-order valence-electron chi connectivity index (χ1n) is 8.42. The summed E-state index contributed by atoms with van der Waals surface area (Å²) in [6.45, 7) is 1.61. The molecule has 2 aromatic carbocycles. The molecule has 0 radical (unpaired) electrons. The zero-order valence-corrected chi connectivity index (χ0v) is 19.0. The van der Waals surface area contributed by atoms with Crippen LogP contribution in [0, 0.1) is 6.92 Å². The third-order valence-electron chi connectivity index (χ3n) is 3.77. The molecule has 0 bridgehead atoms. The maximum Gasteiger partial charge on any atom is 1.00 e. The molecule has 166 valence electrons. The van der Waals surface area contributed by atoms with Crippen LogP contribution in [-0.2, 0) is 42.4 Å². The number of benzene rings is 2. The summed E-state index contributed by atoms with van der Waals surface area (Å²) in [5, 5.41) is 2.34. The van der Waals surface area contributed by atoms with E-state index in [4.69, 9.17) is 0 Å². The maximum absolute atomic E-state index is 12.3. The molecule has 31 heavy (non-hydrogen) atoms. The van der Waals surface area contributed by atoms with Crippen molar-refractivity contribution in [2.75, 3.05) is 5.32 Å². The van der Waals surface area contributed by atoms with Crippen molar-refractivity contribution in [1.29, 1.82) is 0 Å². The number of amides is 2. The summed E-state index contributed by atoms with van der Waals surface area (Å²) in [5.41, 5.74) is 0.667. The molecular weight excluding hydrogens is 538 g/mol. The Hall–Kier alpha value is -2.77. The van der Waals surface area contributed by atoms with Crippen LogP contribution in [-0.4, -0.2) is 32.8 Å². The number of sulfonamides is 2. The summed E-state index contributed by atoms with van der Waals surface area (Å²) >= 11 is 0. The zero-order valence-electron chi connectivity index (χ0n) is 15.9. The number of carbonyl (C=O) groups excluding carboxylic acids is 1. The molecule has 3 aromatic rings. The van der Waals surface area contributed by atoms with E-state index in [1.807, 2.05) is 4.72 Å². The van der Waals surface area contributed by atoms with Crippen LogP contribution in [0.2, 0.25) is 0 Å². The van der Waals surface area contributed by atoms with E-state index in [9.17, 15) is 21.6 Å². The molecular formula is C18H16AgN5O5S2. The first-order valence-corrected chi connectivity index (χ1v) is 11.3. The van der Waals surface area contributed by atoms with Crippen molar-refractivity contribution in [2.24, 2.45) is 0 Å². The SMILES string of the molecule is Cc1ccccc1S(=O)(=O)NC(=O)Nc1ccc(S(=O)(=O)[N-]c2ncccn2)cc1.[Ag+]. The fourth-order valence-electron chi connectivity index (χ4n) is 2.40. The third-order valence-corrected chi connectivity index (χ3v) is 6.54. The van der Waals surface area contributed by atoms with Gasteiger partial charge in [-0.1, -0.05) is 24.3 Å². The van der Waals surface area contributed by atoms with Crippen molar-refractivity contribution < 1.29 is 44.0 Å². The molecule has 1 aromatic heterocycles. The largest absolute Gasteiger partial charge is 1.00 e. The topological polar surface area (TPSA) is 149 Å². The minimum atomic E-state index is -4.06. The van der Waals surface area contributed by atoms with Gasteiger partial charge < -0.3 is 15.3 Å². The number of aromatic nitrogens is 2. The number of urea groups is 1. The summed E-state index contributed by atoms with van der Waals surface area (Å²) in [6, 6.07) is 11.8. The number of anilines is 1. The Labute approximate surface area is 195 Å². The zero-order chi connectivity index (χ0) is 21.8. The smallest absolute Gasteiger partial charge is 0.366 e. The molecule has 0 fully saturated rings. The van der Waals surface area contributed by atoms with Gasteiger partial charge in [0.15, 0.2) is 0 Å². The average Bonchev–Trinajstić information content (AvgIpc) is 2.68. The van der Waals surface area contributed by atoms with Crippen LogP contribution in [0.5, 0.6) is 0 Å². The van der Waals surface area contributed by atoms with Gasteiger partial charge in [0.1, 0.15) is 0 Å². The Bertz CT molecular complexity index is 1270. The van der Waals surface area contributed by atoms with Gasteiger partial charge >= 0.3 is 28.4 Å². The first-order chi connectivity index (χ1) is 14.2. The molecule has 0 aliphatic rings. The molecule has 0 saturated heterocycles. The van der Waals surface area contributed by atoms with Crippen LogP contribution in [0.15, 0.2) is 76.8 Å². The number of rotatable bonds is 6. The Morgan fingerprint density at radius 1 is 0.903 bits per heavy atom. The fraction of sp³-hybridized carbons (Fsp3) is 0.0556. The predicted octanol–water partition coefficient (Wildman–Crippen LogP) is 2.69. The average molecular weight is 554 g/mol. The first kappa shape index (κ1) is 24.5. The Balaban J connectivity index is 0.00000341. The molecule has 13 heteroatoms. The van der Waals surface area contributed by atoms with Crippen molar-refractivity contribution in [3.63, 3.8) is 0 Å². The Morgan fingerprint density at radius 2 is 1.52 bits per heavy atom. The monoisotopic (exact) mass is 553 g/mol. The summed E-state index contributed by atoms with van der Waals surface area (Å²) in [7, 11) is -8.12. The molecule has 0 atom stereocenters. The van der Waals surface area contributed by atoms with Crippen LogP contribution in [0.1, 0.15) is 5.56 Å². The van der Waals surface area contributed by atoms with Crippen LogP contribution in [0.4, 0.5) is 16.4 Å². The van der Waals surface area contributed by atoms with Crippen LogP contribution in [0.3, 0.4) is 0 Å². The molecule has 0 saturated carbocycles. The Kier molecular flexibility index (Phi) is 7.92. The van der Waals surface area contributed by atoms with Gasteiger partial charge in [0, 0.05) is 11.6 Å². The van der Waals surface area contributed by atoms with Gasteiger partial charge in [0.25, 0.3) is 10.0 Å². The van der Waals surface area contributed by atoms with Crippen molar-refractivity contribution in [1.82, 2.24) is 14.7 Å². The molecule has 0 aliphatic heterocycles. The summed E-state index contributed by atoms with van der Waals surface area (Å²) < 4.78 is 54.7. The molecule has 0 spiro atoms. The van der Waals surface area contributed by atoms with Crippen LogP contribution < -0.4 is 10.0 Å². The standard InChI is InChI=1S/C18H17N5O5S2.Ag/c1-13-5-2-3-6-16(13)30(27,28)23-18(24)21-14-7-9-15(10-8-14)29(25,26)22-17-19-11-4-12-20-17;/h2-12H,1H3,(H3,19,20,21,22,23,24);/q;+1/p-1. The van der Waals surface area contributed by atoms with Crippen molar-refractivity contribution in [3.05, 3.63) is 77.3 Å². The summed E-state index contributed by atoms with van der Waals surface area (Å²) in [6.07, 6.45) is 2.72. The van der Waals surface area contributed by atoms with E-state index in [1.54, 1.807) is 25.1 Å². The number of nitrogens with one attached hydrogen (secondary N) is 2. The number of hydrogen-bond acceptors (Lipinski definition) is 7. The van der Waals surface area contributed by atoms with Gasteiger partial charge in [-0.2, -0.15) is 0 Å². The van der Waals surface area contributed by atoms with Crippen LogP contribution in [0.25, 0.3) is 4.72 Å². The second-order valence-corrected chi connectivity index (χ2v) is 9.22. The number of aryl methyl sites for hydroxylation is 1. The normalized spacial score (nSPS) is 11.1. The predicted molar refractivity (Wildman–Crippen MR) is 109 cm³/mol. The van der Waals surface area contributed by atoms with E-state index in [2.05, 4.69) is 20.0 Å². The second kappa shape index (κ2) is 10.0. The number of nitrogens with zero attached hydrogens (tertiary/aromatic N) is 3. The van der Waals surface area contributed by atoms with Crippen molar-refractivity contribution in [2.45, 2.75) is 16.7 Å². The molecule has 2 N–H and O–H groups in total. The van der Waals surface area contributed by atoms with E-state index in [-0.39, 0.29) is 43.8 Å². The molecule has 0 aliphatic carbocycles. The molecule has 10 nitrogen and oxygen atoms in total. The van der Waals surface area contributed by atoms with Crippen molar-refractivity contribution in [3.8, 4) is 0 Å². The second-order valence-electron chi connectivity index (χ2n) is 5.96. The van der Waals surface area contributed by atoms with E-state index in [0.717, 1.165) is 0 Å². The molecule has 3 rings (SSSR count). The van der Waals surface area contributed by atoms with Gasteiger partial charge in [-0.15, -0.1) is 0 Å². The quantitative estimate of drug-likeness (QED) is 0.445. The summed E-state index contributed by atoms with van der Waals surface area (Å²) in [5.74, 6) is -0.208. The van der Waals surface area contributed by atoms with E-state index in [1.165, 1.54) is 48.8 Å². The van der Waals surface area contributed by atoms with E-state index < -0.39 is 26.1 Å². The van der Waals surface area contributed by atoms with Gasteiger partial charge in [0.2, 0.25) is 10.0 Å². The van der Waals surface area contributed by atoms with Gasteiger partial charge in [-0.3, -0.25) is 4.72 Å². The Morgan fingerprint density at radius 3 is 2.13 bits per heavy atom. The number of carbonyl (C=O) groups is 1. The molecule has 0 unspecified atom stereocenters. The van der Waals surface area contributed by atoms with Gasteiger partial charge in [0.05, 0.1) is 9.79 Å². The maximum atomic E-state index is 12.3. The number of hydrogen-bond donors (Lipinski definition) is 2. The van der Waals surface area contributed by atoms with Crippen LogP contribution >= 0.6 is 0 Å².